The van der Waals surface area contributed by atoms with Crippen molar-refractivity contribution < 1.29 is 8.42 Å². The zero-order chi connectivity index (χ0) is 11.2. The number of rotatable bonds is 5. The van der Waals surface area contributed by atoms with E-state index in [9.17, 15) is 8.42 Å². The minimum atomic E-state index is -3.41. The van der Waals surface area contributed by atoms with Crippen LogP contribution in [-0.4, -0.2) is 27.0 Å². The van der Waals surface area contributed by atoms with Crippen LogP contribution < -0.4 is 15.2 Å². The Balaban J connectivity index is 4.04. The predicted octanol–water partition coefficient (Wildman–Crippen LogP) is -0.276. The lowest BCUT2D eigenvalue weighted by atomic mass is 10.1. The smallest absolute Gasteiger partial charge is 0.277 e. The molecule has 6 heteroatoms. The molecule has 0 aliphatic carbocycles. The molecular weight excluding hydrogens is 202 g/mol. The van der Waals surface area contributed by atoms with Crippen LogP contribution >= 0.6 is 0 Å². The van der Waals surface area contributed by atoms with Crippen molar-refractivity contribution in [2.45, 2.75) is 26.3 Å². The molecule has 0 atom stereocenters. The van der Waals surface area contributed by atoms with Crippen molar-refractivity contribution >= 4 is 10.2 Å². The minimum absolute atomic E-state index is 0.253. The van der Waals surface area contributed by atoms with Crippen molar-refractivity contribution in [2.24, 2.45) is 5.73 Å². The highest BCUT2D eigenvalue weighted by Gasteiger charge is 2.18. The minimum Gasteiger partial charge on any atom is -0.327 e. The van der Waals surface area contributed by atoms with Crippen molar-refractivity contribution in [1.29, 1.82) is 0 Å². The molecule has 0 aromatic carbocycles. The standard InChI is InChI=1S/C8H19N3O2S/c1-8(2,3)11-14(12,13)10-7-5-4-6-9/h4-5,10-11H,6-7,9H2,1-3H3/b5-4+. The van der Waals surface area contributed by atoms with Crippen LogP contribution in [0.1, 0.15) is 20.8 Å². The highest BCUT2D eigenvalue weighted by atomic mass is 32.2. The molecule has 0 aliphatic rings. The number of nitrogens with one attached hydrogen (secondary N) is 2. The quantitative estimate of drug-likeness (QED) is 0.558. The maximum Gasteiger partial charge on any atom is 0.277 e. The van der Waals surface area contributed by atoms with E-state index in [-0.39, 0.29) is 6.54 Å². The second-order valence-corrected chi connectivity index (χ2v) is 5.41. The molecule has 0 fully saturated rings. The average Bonchev–Trinajstić information content (AvgIpc) is 1.93. The van der Waals surface area contributed by atoms with Gasteiger partial charge < -0.3 is 5.73 Å². The Bertz CT molecular complexity index is 277. The third-order valence-corrected chi connectivity index (χ3v) is 2.56. The van der Waals surface area contributed by atoms with Crippen molar-refractivity contribution in [3.05, 3.63) is 12.2 Å². The van der Waals surface area contributed by atoms with Crippen LogP contribution in [0.15, 0.2) is 12.2 Å². The summed E-state index contributed by atoms with van der Waals surface area (Å²) in [5.41, 5.74) is 4.73. The van der Waals surface area contributed by atoms with Gasteiger partial charge in [-0.2, -0.15) is 17.9 Å². The Morgan fingerprint density at radius 3 is 2.29 bits per heavy atom. The molecule has 0 saturated carbocycles. The van der Waals surface area contributed by atoms with Crippen LogP contribution in [0.5, 0.6) is 0 Å². The fourth-order valence-corrected chi connectivity index (χ4v) is 1.97. The largest absolute Gasteiger partial charge is 0.327 e. The second-order valence-electron chi connectivity index (χ2n) is 3.91. The van der Waals surface area contributed by atoms with Gasteiger partial charge >= 0.3 is 0 Å². The second kappa shape index (κ2) is 5.45. The molecule has 0 amide bonds. The molecule has 0 spiro atoms. The van der Waals surface area contributed by atoms with Gasteiger partial charge in [0.25, 0.3) is 10.2 Å². The highest BCUT2D eigenvalue weighted by molar-refractivity contribution is 7.87. The van der Waals surface area contributed by atoms with Gasteiger partial charge in [0.15, 0.2) is 0 Å². The normalized spacial score (nSPS) is 13.7. The monoisotopic (exact) mass is 221 g/mol. The first kappa shape index (κ1) is 13.6. The first-order valence-electron chi connectivity index (χ1n) is 4.40. The topological polar surface area (TPSA) is 84.2 Å². The van der Waals surface area contributed by atoms with E-state index >= 15 is 0 Å². The Morgan fingerprint density at radius 2 is 1.86 bits per heavy atom. The van der Waals surface area contributed by atoms with E-state index in [4.69, 9.17) is 5.73 Å². The molecule has 0 aromatic heterocycles. The molecule has 84 valence electrons. The maximum atomic E-state index is 11.3. The van der Waals surface area contributed by atoms with Gasteiger partial charge in [-0.05, 0) is 20.8 Å². The molecule has 0 aromatic rings. The van der Waals surface area contributed by atoms with Crippen LogP contribution in [-0.2, 0) is 10.2 Å². The molecule has 0 bridgehead atoms. The summed E-state index contributed by atoms with van der Waals surface area (Å²) >= 11 is 0. The fourth-order valence-electron chi connectivity index (χ4n) is 0.777. The molecular formula is C8H19N3O2S. The van der Waals surface area contributed by atoms with Gasteiger partial charge in [0.05, 0.1) is 0 Å². The summed E-state index contributed by atoms with van der Waals surface area (Å²) in [7, 11) is -3.41. The third kappa shape index (κ3) is 8.18. The van der Waals surface area contributed by atoms with Gasteiger partial charge in [-0.1, -0.05) is 12.2 Å². The Kier molecular flexibility index (Phi) is 5.28. The molecule has 0 radical (unpaired) electrons. The Hall–Kier alpha value is -0.430. The first-order valence-corrected chi connectivity index (χ1v) is 5.89. The van der Waals surface area contributed by atoms with Crippen molar-refractivity contribution in [2.75, 3.05) is 13.1 Å². The predicted molar refractivity (Wildman–Crippen MR) is 58.0 cm³/mol. The average molecular weight is 221 g/mol. The van der Waals surface area contributed by atoms with Crippen LogP contribution in [0.2, 0.25) is 0 Å². The summed E-state index contributed by atoms with van der Waals surface area (Å²) in [6.45, 7) is 6.00. The summed E-state index contributed by atoms with van der Waals surface area (Å²) in [6.07, 6.45) is 3.36. The van der Waals surface area contributed by atoms with Gasteiger partial charge in [0.2, 0.25) is 0 Å². The van der Waals surface area contributed by atoms with Gasteiger partial charge in [-0.3, -0.25) is 0 Å². The summed E-state index contributed by atoms with van der Waals surface area (Å²) in [5.74, 6) is 0. The highest BCUT2D eigenvalue weighted by Crippen LogP contribution is 1.99. The van der Waals surface area contributed by atoms with Gasteiger partial charge in [-0.15, -0.1) is 0 Å². The fraction of sp³-hybridized carbons (Fsp3) is 0.750. The molecule has 0 unspecified atom stereocenters. The zero-order valence-electron chi connectivity index (χ0n) is 8.87. The number of hydrogen-bond donors (Lipinski definition) is 3. The van der Waals surface area contributed by atoms with Crippen LogP contribution in [0.3, 0.4) is 0 Å². The Morgan fingerprint density at radius 1 is 1.29 bits per heavy atom. The molecule has 4 N–H and O–H groups in total. The van der Waals surface area contributed by atoms with E-state index in [2.05, 4.69) is 9.44 Å². The maximum absolute atomic E-state index is 11.3. The lowest BCUT2D eigenvalue weighted by molar-refractivity contribution is 0.485. The van der Waals surface area contributed by atoms with Crippen molar-refractivity contribution in [3.63, 3.8) is 0 Å². The van der Waals surface area contributed by atoms with Crippen LogP contribution in [0.4, 0.5) is 0 Å². The van der Waals surface area contributed by atoms with Gasteiger partial charge in [0, 0.05) is 18.6 Å². The number of nitrogens with two attached hydrogens (primary N) is 1. The van der Waals surface area contributed by atoms with Crippen molar-refractivity contribution in [1.82, 2.24) is 9.44 Å². The van der Waals surface area contributed by atoms with E-state index in [0.717, 1.165) is 0 Å². The third-order valence-electron chi connectivity index (χ3n) is 1.13. The zero-order valence-corrected chi connectivity index (χ0v) is 9.69. The van der Waals surface area contributed by atoms with Gasteiger partial charge in [-0.25, -0.2) is 0 Å². The van der Waals surface area contributed by atoms with E-state index in [1.54, 1.807) is 32.9 Å². The van der Waals surface area contributed by atoms with E-state index < -0.39 is 15.7 Å². The van der Waals surface area contributed by atoms with E-state index in [0.29, 0.717) is 6.54 Å². The molecule has 5 nitrogen and oxygen atoms in total. The van der Waals surface area contributed by atoms with E-state index in [1.807, 2.05) is 0 Å². The number of hydrogen-bond acceptors (Lipinski definition) is 3. The summed E-state index contributed by atoms with van der Waals surface area (Å²) < 4.78 is 27.5. The molecule has 14 heavy (non-hydrogen) atoms. The first-order chi connectivity index (χ1) is 6.27. The Labute approximate surface area is 85.9 Å². The summed E-state index contributed by atoms with van der Waals surface area (Å²) in [6, 6.07) is 0. The summed E-state index contributed by atoms with van der Waals surface area (Å²) in [4.78, 5) is 0. The molecule has 0 aliphatic heterocycles. The lowest BCUT2D eigenvalue weighted by Crippen LogP contribution is -2.46. The lowest BCUT2D eigenvalue weighted by Gasteiger charge is -2.20. The van der Waals surface area contributed by atoms with Gasteiger partial charge in [0.1, 0.15) is 0 Å². The van der Waals surface area contributed by atoms with Crippen LogP contribution in [0.25, 0.3) is 0 Å². The summed E-state index contributed by atoms with van der Waals surface area (Å²) in [5, 5.41) is 0. The molecule has 0 heterocycles. The van der Waals surface area contributed by atoms with E-state index in [1.165, 1.54) is 0 Å². The van der Waals surface area contributed by atoms with Crippen molar-refractivity contribution in [3.8, 4) is 0 Å². The van der Waals surface area contributed by atoms with Crippen LogP contribution in [0, 0.1) is 0 Å². The molecule has 0 saturated heterocycles. The molecule has 0 rings (SSSR count). The SMILES string of the molecule is CC(C)(C)NS(=O)(=O)NC/C=C/CN.